The largest absolute Gasteiger partial charge is 0.310 e. The van der Waals surface area contributed by atoms with E-state index in [0.29, 0.717) is 0 Å². The summed E-state index contributed by atoms with van der Waals surface area (Å²) in [4.78, 5) is 2.33. The van der Waals surface area contributed by atoms with Gasteiger partial charge in [0.2, 0.25) is 0 Å². The van der Waals surface area contributed by atoms with Crippen LogP contribution in [0.5, 0.6) is 0 Å². The molecule has 0 bridgehead atoms. The Morgan fingerprint density at radius 3 is 1.74 bits per heavy atom. The van der Waals surface area contributed by atoms with Gasteiger partial charge in [-0.2, -0.15) is 0 Å². The van der Waals surface area contributed by atoms with E-state index in [-0.39, 0.29) is 0 Å². The molecule has 0 atom stereocenters. The number of aromatic nitrogens is 1. The first-order valence-corrected chi connectivity index (χ1v) is 13.2. The molecule has 0 saturated heterocycles. The van der Waals surface area contributed by atoms with Crippen LogP contribution >= 0.6 is 0 Å². The molecule has 39 heavy (non-hydrogen) atoms. The zero-order chi connectivity index (χ0) is 26.2. The molecule has 0 aliphatic heterocycles. The second kappa shape index (κ2) is 9.70. The molecule has 1 heterocycles. The third-order valence-electron chi connectivity index (χ3n) is 7.31. The Morgan fingerprint density at radius 2 is 1.03 bits per heavy atom. The third-order valence-corrected chi connectivity index (χ3v) is 7.31. The standard InChI is InChI=1S/C36H25BN2/c37-28-20-24-31(25-21-28)38(30-22-18-27(19-23-30)26-10-3-1-4-11-26)34-16-9-17-35-36(34)32-14-7-8-15-33(32)39(35)29-12-5-2-6-13-29/h1-25H. The monoisotopic (exact) mass is 496 g/mol. The van der Waals surface area contributed by atoms with Crippen LogP contribution in [0.3, 0.4) is 0 Å². The molecule has 182 valence electrons. The van der Waals surface area contributed by atoms with Crippen LogP contribution in [-0.4, -0.2) is 12.4 Å². The fourth-order valence-electron chi connectivity index (χ4n) is 5.53. The SMILES string of the molecule is [B]c1ccc(N(c2ccc(-c3ccccc3)cc2)c2cccc3c2c2ccccc2n3-c2ccccc2)cc1. The van der Waals surface area contributed by atoms with E-state index in [2.05, 4.69) is 143 Å². The Kier molecular flexibility index (Phi) is 5.75. The van der Waals surface area contributed by atoms with Crippen LogP contribution < -0.4 is 10.4 Å². The van der Waals surface area contributed by atoms with Gasteiger partial charge in [0.15, 0.2) is 0 Å². The number of anilines is 3. The predicted molar refractivity (Wildman–Crippen MR) is 166 cm³/mol. The van der Waals surface area contributed by atoms with Crippen LogP contribution in [0.15, 0.2) is 152 Å². The molecule has 0 aliphatic carbocycles. The smallest absolute Gasteiger partial charge is 0.113 e. The molecule has 0 aliphatic rings. The van der Waals surface area contributed by atoms with Gasteiger partial charge in [0.25, 0.3) is 0 Å². The highest BCUT2D eigenvalue weighted by atomic mass is 15.1. The van der Waals surface area contributed by atoms with Crippen molar-refractivity contribution >= 4 is 52.2 Å². The van der Waals surface area contributed by atoms with Crippen LogP contribution in [0.2, 0.25) is 0 Å². The first-order chi connectivity index (χ1) is 19.3. The van der Waals surface area contributed by atoms with E-state index in [1.54, 1.807) is 0 Å². The lowest BCUT2D eigenvalue weighted by Gasteiger charge is -2.27. The Morgan fingerprint density at radius 1 is 0.462 bits per heavy atom. The molecular formula is C36H25BN2. The topological polar surface area (TPSA) is 8.17 Å². The van der Waals surface area contributed by atoms with Crippen molar-refractivity contribution in [3.63, 3.8) is 0 Å². The summed E-state index contributed by atoms with van der Waals surface area (Å²) < 4.78 is 2.35. The van der Waals surface area contributed by atoms with Gasteiger partial charge in [0.05, 0.1) is 16.7 Å². The molecule has 7 aromatic rings. The molecule has 6 aromatic carbocycles. The summed E-state index contributed by atoms with van der Waals surface area (Å²) in [5.41, 5.74) is 9.90. The maximum Gasteiger partial charge on any atom is 0.113 e. The van der Waals surface area contributed by atoms with E-state index in [9.17, 15) is 0 Å². The van der Waals surface area contributed by atoms with Gasteiger partial charge in [0.1, 0.15) is 7.85 Å². The number of fused-ring (bicyclic) bond motifs is 3. The summed E-state index contributed by atoms with van der Waals surface area (Å²) in [7, 11) is 6.10. The minimum atomic E-state index is 0.747. The first kappa shape index (κ1) is 23.1. The van der Waals surface area contributed by atoms with Crippen LogP contribution in [0.25, 0.3) is 38.6 Å². The van der Waals surface area contributed by atoms with Crippen molar-refractivity contribution in [2.24, 2.45) is 0 Å². The highest BCUT2D eigenvalue weighted by Gasteiger charge is 2.20. The number of rotatable bonds is 5. The maximum absolute atomic E-state index is 6.10. The van der Waals surface area contributed by atoms with Gasteiger partial charge in [0, 0.05) is 27.8 Å². The quantitative estimate of drug-likeness (QED) is 0.216. The van der Waals surface area contributed by atoms with Crippen molar-refractivity contribution in [2.75, 3.05) is 4.90 Å². The van der Waals surface area contributed by atoms with Crippen molar-refractivity contribution in [3.05, 3.63) is 152 Å². The van der Waals surface area contributed by atoms with E-state index < -0.39 is 0 Å². The highest BCUT2D eigenvalue weighted by molar-refractivity contribution is 6.32. The third kappa shape index (κ3) is 4.09. The second-order valence-corrected chi connectivity index (χ2v) is 9.70. The molecule has 0 amide bonds. The Hall–Kier alpha value is -5.02. The van der Waals surface area contributed by atoms with Crippen molar-refractivity contribution in [1.29, 1.82) is 0 Å². The van der Waals surface area contributed by atoms with E-state index in [1.165, 1.54) is 32.9 Å². The summed E-state index contributed by atoms with van der Waals surface area (Å²) in [5, 5.41) is 2.43. The number of hydrogen-bond donors (Lipinski definition) is 0. The molecule has 1 aromatic heterocycles. The molecule has 0 N–H and O–H groups in total. The molecule has 0 unspecified atom stereocenters. The minimum Gasteiger partial charge on any atom is -0.310 e. The average Bonchev–Trinajstić information content (AvgIpc) is 3.35. The van der Waals surface area contributed by atoms with Crippen LogP contribution in [0.4, 0.5) is 17.1 Å². The molecule has 0 fully saturated rings. The number of benzene rings is 6. The first-order valence-electron chi connectivity index (χ1n) is 13.2. The summed E-state index contributed by atoms with van der Waals surface area (Å²) in [6.45, 7) is 0. The van der Waals surface area contributed by atoms with Crippen LogP contribution in [0, 0.1) is 0 Å². The van der Waals surface area contributed by atoms with E-state index in [4.69, 9.17) is 7.85 Å². The highest BCUT2D eigenvalue weighted by Crippen LogP contribution is 2.43. The Bertz CT molecular complexity index is 1890. The van der Waals surface area contributed by atoms with Gasteiger partial charge < -0.3 is 9.47 Å². The summed E-state index contributed by atoms with van der Waals surface area (Å²) in [5.74, 6) is 0. The molecule has 2 nitrogen and oxygen atoms in total. The van der Waals surface area contributed by atoms with Gasteiger partial charge in [-0.1, -0.05) is 103 Å². The minimum absolute atomic E-state index is 0.747. The molecule has 3 heteroatoms. The van der Waals surface area contributed by atoms with Gasteiger partial charge in [-0.3, -0.25) is 0 Å². The number of hydrogen-bond acceptors (Lipinski definition) is 1. The van der Waals surface area contributed by atoms with Gasteiger partial charge in [-0.05, 0) is 65.7 Å². The normalized spacial score (nSPS) is 11.2. The fraction of sp³-hybridized carbons (Fsp3) is 0. The van der Waals surface area contributed by atoms with Gasteiger partial charge >= 0.3 is 0 Å². The van der Waals surface area contributed by atoms with Crippen molar-refractivity contribution in [3.8, 4) is 16.8 Å². The summed E-state index contributed by atoms with van der Waals surface area (Å²) in [6.07, 6.45) is 0. The summed E-state index contributed by atoms with van der Waals surface area (Å²) in [6, 6.07) is 53.2. The van der Waals surface area contributed by atoms with Gasteiger partial charge in [-0.15, -0.1) is 0 Å². The zero-order valence-electron chi connectivity index (χ0n) is 21.4. The summed E-state index contributed by atoms with van der Waals surface area (Å²) >= 11 is 0. The van der Waals surface area contributed by atoms with E-state index >= 15 is 0 Å². The molecule has 7 rings (SSSR count). The van der Waals surface area contributed by atoms with Crippen molar-refractivity contribution in [1.82, 2.24) is 4.57 Å². The van der Waals surface area contributed by atoms with Crippen LogP contribution in [0.1, 0.15) is 0 Å². The van der Waals surface area contributed by atoms with E-state index in [1.807, 2.05) is 18.2 Å². The van der Waals surface area contributed by atoms with Crippen molar-refractivity contribution < 1.29 is 0 Å². The number of nitrogens with zero attached hydrogens (tertiary/aromatic N) is 2. The lowest BCUT2D eigenvalue weighted by Crippen LogP contribution is -2.12. The Labute approximate surface area is 229 Å². The zero-order valence-corrected chi connectivity index (χ0v) is 21.4. The fourth-order valence-corrected chi connectivity index (χ4v) is 5.53. The molecule has 2 radical (unpaired) electrons. The maximum atomic E-state index is 6.10. The van der Waals surface area contributed by atoms with Crippen molar-refractivity contribution in [2.45, 2.75) is 0 Å². The lowest BCUT2D eigenvalue weighted by molar-refractivity contribution is 1.18. The molecular weight excluding hydrogens is 471 g/mol. The Balaban J connectivity index is 1.48. The van der Waals surface area contributed by atoms with E-state index in [0.717, 1.165) is 28.2 Å². The average molecular weight is 496 g/mol. The lowest BCUT2D eigenvalue weighted by atomic mass is 9.96. The number of para-hydroxylation sites is 2. The second-order valence-electron chi connectivity index (χ2n) is 9.70. The predicted octanol–water partition coefficient (Wildman–Crippen LogP) is 8.71. The molecule has 0 spiro atoms. The van der Waals surface area contributed by atoms with Crippen LogP contribution in [-0.2, 0) is 0 Å². The molecule has 0 saturated carbocycles. The van der Waals surface area contributed by atoms with Gasteiger partial charge in [-0.25, -0.2) is 0 Å².